The Bertz CT molecular complexity index is 658. The van der Waals surface area contributed by atoms with Crippen molar-refractivity contribution in [3.05, 3.63) is 34.7 Å². The minimum absolute atomic E-state index is 0.0593. The molecule has 98 valence electrons. The summed E-state index contributed by atoms with van der Waals surface area (Å²) in [5.74, 6) is 0.869. The predicted molar refractivity (Wildman–Crippen MR) is 77.7 cm³/mol. The van der Waals surface area contributed by atoms with Crippen LogP contribution in [-0.2, 0) is 6.61 Å². The van der Waals surface area contributed by atoms with Crippen LogP contribution in [0.15, 0.2) is 24.3 Å². The van der Waals surface area contributed by atoms with Gasteiger partial charge >= 0.3 is 0 Å². The van der Waals surface area contributed by atoms with Crippen LogP contribution in [0.2, 0.25) is 0 Å². The molecular formula is C15H15NO2S. The second-order valence-electron chi connectivity index (χ2n) is 4.94. The molecule has 0 bridgehead atoms. The zero-order valence-corrected chi connectivity index (χ0v) is 11.7. The van der Waals surface area contributed by atoms with Crippen LogP contribution >= 0.6 is 11.3 Å². The van der Waals surface area contributed by atoms with Crippen LogP contribution in [0.3, 0.4) is 0 Å². The highest BCUT2D eigenvalue weighted by Gasteiger charge is 2.29. The van der Waals surface area contributed by atoms with Crippen LogP contribution in [0.5, 0.6) is 5.75 Å². The number of hydrogen-bond acceptors (Lipinski definition) is 4. The lowest BCUT2D eigenvalue weighted by molar-refractivity contribution is 0.0941. The minimum atomic E-state index is -0.0593. The summed E-state index contributed by atoms with van der Waals surface area (Å²) < 4.78 is 5.70. The minimum Gasteiger partial charge on any atom is -0.487 e. The molecular weight excluding hydrogens is 258 g/mol. The average Bonchev–Trinajstić information content (AvgIpc) is 2.74. The number of hydrogen-bond donors (Lipinski definition) is 1. The molecule has 2 heterocycles. The number of nitrogen functional groups attached to an aromatic ring is 1. The highest BCUT2D eigenvalue weighted by Crippen LogP contribution is 2.46. The molecule has 1 aliphatic rings. The maximum atomic E-state index is 12.4. The van der Waals surface area contributed by atoms with E-state index in [1.165, 1.54) is 11.3 Å². The van der Waals surface area contributed by atoms with Crippen molar-refractivity contribution < 1.29 is 9.53 Å². The fourth-order valence-corrected chi connectivity index (χ4v) is 3.36. The molecule has 1 aromatic heterocycles. The van der Waals surface area contributed by atoms with Gasteiger partial charge in [-0.05, 0) is 6.07 Å². The number of Topliss-reactive ketones (excluding diaryl/α,β-unsaturated/α-hetero) is 1. The molecule has 3 rings (SSSR count). The summed E-state index contributed by atoms with van der Waals surface area (Å²) in [5, 5.41) is 0.601. The first-order valence-electron chi connectivity index (χ1n) is 6.27. The standard InChI is InChI=1S/C15H15NO2S/c1-8(2)14(17)13-12-9-5-3-4-6-10(9)18-7-11(12)19-15(13)16/h3-6,8H,7,16H2,1-2H3. The van der Waals surface area contributed by atoms with Gasteiger partial charge in [0.2, 0.25) is 0 Å². The number of fused-ring (bicyclic) bond motifs is 3. The molecule has 1 aliphatic heterocycles. The van der Waals surface area contributed by atoms with E-state index in [9.17, 15) is 4.79 Å². The molecule has 0 amide bonds. The van der Waals surface area contributed by atoms with Crippen LogP contribution in [-0.4, -0.2) is 5.78 Å². The van der Waals surface area contributed by atoms with Crippen LogP contribution in [0.25, 0.3) is 11.1 Å². The summed E-state index contributed by atoms with van der Waals surface area (Å²) in [5.41, 5.74) is 8.68. The maximum Gasteiger partial charge on any atom is 0.168 e. The summed E-state index contributed by atoms with van der Waals surface area (Å²) in [6.07, 6.45) is 0. The van der Waals surface area contributed by atoms with E-state index in [1.54, 1.807) is 0 Å². The molecule has 4 heteroatoms. The number of para-hydroxylation sites is 1. The molecule has 0 radical (unpaired) electrons. The van der Waals surface area contributed by atoms with Gasteiger partial charge in [-0.2, -0.15) is 0 Å². The molecule has 2 aromatic rings. The van der Waals surface area contributed by atoms with E-state index < -0.39 is 0 Å². The van der Waals surface area contributed by atoms with Gasteiger partial charge in [-0.3, -0.25) is 4.79 Å². The summed E-state index contributed by atoms with van der Waals surface area (Å²) in [6, 6.07) is 7.80. The molecule has 3 nitrogen and oxygen atoms in total. The third-order valence-corrected chi connectivity index (χ3v) is 4.29. The fraction of sp³-hybridized carbons (Fsp3) is 0.267. The van der Waals surface area contributed by atoms with Gasteiger partial charge < -0.3 is 10.5 Å². The number of ether oxygens (including phenoxy) is 1. The lowest BCUT2D eigenvalue weighted by Gasteiger charge is -2.18. The van der Waals surface area contributed by atoms with Gasteiger partial charge in [-0.25, -0.2) is 0 Å². The Morgan fingerprint density at radius 2 is 2.11 bits per heavy atom. The molecule has 1 aromatic carbocycles. The predicted octanol–water partition coefficient (Wildman–Crippen LogP) is 3.73. The monoisotopic (exact) mass is 273 g/mol. The molecule has 19 heavy (non-hydrogen) atoms. The van der Waals surface area contributed by atoms with Crippen LogP contribution in [0, 0.1) is 5.92 Å². The van der Waals surface area contributed by atoms with E-state index in [0.29, 0.717) is 17.2 Å². The van der Waals surface area contributed by atoms with E-state index in [-0.39, 0.29) is 11.7 Å². The third-order valence-electron chi connectivity index (χ3n) is 3.29. The Labute approximate surface area is 116 Å². The summed E-state index contributed by atoms with van der Waals surface area (Å²) >= 11 is 1.46. The number of benzene rings is 1. The molecule has 0 saturated carbocycles. The Morgan fingerprint density at radius 1 is 1.37 bits per heavy atom. The number of carbonyl (C=O) groups excluding carboxylic acids is 1. The molecule has 0 aliphatic carbocycles. The largest absolute Gasteiger partial charge is 0.487 e. The van der Waals surface area contributed by atoms with Crippen molar-refractivity contribution in [2.75, 3.05) is 5.73 Å². The highest BCUT2D eigenvalue weighted by atomic mass is 32.1. The molecule has 0 atom stereocenters. The number of anilines is 1. The maximum absolute atomic E-state index is 12.4. The van der Waals surface area contributed by atoms with Crippen molar-refractivity contribution in [2.45, 2.75) is 20.5 Å². The Balaban J connectivity index is 2.26. The number of carbonyl (C=O) groups is 1. The number of rotatable bonds is 2. The van der Waals surface area contributed by atoms with Gasteiger partial charge in [-0.1, -0.05) is 32.0 Å². The first-order valence-corrected chi connectivity index (χ1v) is 7.08. The summed E-state index contributed by atoms with van der Waals surface area (Å²) in [4.78, 5) is 13.4. The zero-order chi connectivity index (χ0) is 13.6. The van der Waals surface area contributed by atoms with E-state index >= 15 is 0 Å². The van der Waals surface area contributed by atoms with E-state index in [0.717, 1.165) is 21.8 Å². The molecule has 0 saturated heterocycles. The average molecular weight is 273 g/mol. The van der Waals surface area contributed by atoms with Crippen LogP contribution < -0.4 is 10.5 Å². The molecule has 0 unspecified atom stereocenters. The third kappa shape index (κ3) is 1.83. The smallest absolute Gasteiger partial charge is 0.168 e. The van der Waals surface area contributed by atoms with E-state index in [2.05, 4.69) is 0 Å². The van der Waals surface area contributed by atoms with Gasteiger partial charge in [0, 0.05) is 17.0 Å². The van der Waals surface area contributed by atoms with Crippen LogP contribution in [0.1, 0.15) is 29.1 Å². The Morgan fingerprint density at radius 3 is 2.84 bits per heavy atom. The Kier molecular flexibility index (Phi) is 2.82. The van der Waals surface area contributed by atoms with Crippen molar-refractivity contribution in [3.63, 3.8) is 0 Å². The van der Waals surface area contributed by atoms with Gasteiger partial charge in [-0.15, -0.1) is 11.3 Å². The Hall–Kier alpha value is -1.81. The van der Waals surface area contributed by atoms with E-state index in [4.69, 9.17) is 10.5 Å². The van der Waals surface area contributed by atoms with Gasteiger partial charge in [0.05, 0.1) is 15.4 Å². The number of nitrogens with two attached hydrogens (primary N) is 1. The van der Waals surface area contributed by atoms with Gasteiger partial charge in [0.1, 0.15) is 12.4 Å². The molecule has 2 N–H and O–H groups in total. The molecule has 0 spiro atoms. The van der Waals surface area contributed by atoms with E-state index in [1.807, 2.05) is 38.1 Å². The summed E-state index contributed by atoms with van der Waals surface area (Å²) in [6.45, 7) is 4.29. The number of ketones is 1. The van der Waals surface area contributed by atoms with Gasteiger partial charge in [0.25, 0.3) is 0 Å². The summed E-state index contributed by atoms with van der Waals surface area (Å²) in [7, 11) is 0. The second kappa shape index (κ2) is 4.38. The SMILES string of the molecule is CC(C)C(=O)c1c(N)sc2c1-c1ccccc1OC2. The highest BCUT2D eigenvalue weighted by molar-refractivity contribution is 7.17. The lowest BCUT2D eigenvalue weighted by atomic mass is 9.92. The van der Waals surface area contributed by atoms with Crippen molar-refractivity contribution in [1.29, 1.82) is 0 Å². The lowest BCUT2D eigenvalue weighted by Crippen LogP contribution is -2.11. The van der Waals surface area contributed by atoms with Crippen molar-refractivity contribution in [3.8, 4) is 16.9 Å². The normalized spacial score (nSPS) is 12.8. The van der Waals surface area contributed by atoms with Gasteiger partial charge in [0.15, 0.2) is 5.78 Å². The van der Waals surface area contributed by atoms with Crippen LogP contribution in [0.4, 0.5) is 5.00 Å². The molecule has 0 fully saturated rings. The second-order valence-corrected chi connectivity index (χ2v) is 6.08. The van der Waals surface area contributed by atoms with Crippen molar-refractivity contribution in [2.24, 2.45) is 5.92 Å². The van der Waals surface area contributed by atoms with Crippen molar-refractivity contribution in [1.82, 2.24) is 0 Å². The fourth-order valence-electron chi connectivity index (χ4n) is 2.36. The first-order chi connectivity index (χ1) is 9.09. The number of thiophene rings is 1. The quantitative estimate of drug-likeness (QED) is 0.848. The van der Waals surface area contributed by atoms with Crippen molar-refractivity contribution >= 4 is 22.1 Å². The topological polar surface area (TPSA) is 52.3 Å². The zero-order valence-electron chi connectivity index (χ0n) is 10.9. The first kappa shape index (κ1) is 12.2.